The number of benzene rings is 1. The van der Waals surface area contributed by atoms with Gasteiger partial charge in [-0.25, -0.2) is 4.79 Å². The lowest BCUT2D eigenvalue weighted by molar-refractivity contribution is 0.146. The highest BCUT2D eigenvalue weighted by atomic mass is 16.5. The average Bonchev–Trinajstić information content (AvgIpc) is 2.26. The van der Waals surface area contributed by atoms with Crippen LogP contribution in [-0.2, 0) is 16.8 Å². The van der Waals surface area contributed by atoms with Crippen molar-refractivity contribution < 1.29 is 9.53 Å². The summed E-state index contributed by atoms with van der Waals surface area (Å²) in [4.78, 5) is 11.1. The monoisotopic (exact) mass is 233 g/mol. The molecule has 17 heavy (non-hydrogen) atoms. The minimum Gasteiger partial charge on any atom is -0.446 e. The van der Waals surface area contributed by atoms with Crippen LogP contribution in [0.15, 0.2) is 24.3 Å². The Kier molecular flexibility index (Phi) is 4.61. The Bertz CT molecular complexity index is 368. The summed E-state index contributed by atoms with van der Waals surface area (Å²) in [5, 5.41) is 2.59. The second kappa shape index (κ2) is 5.76. The van der Waals surface area contributed by atoms with Crippen LogP contribution >= 0.6 is 0 Å². The van der Waals surface area contributed by atoms with Crippen molar-refractivity contribution in [3.05, 3.63) is 35.4 Å². The zero-order chi connectivity index (χ0) is 12.9. The predicted octanol–water partition coefficient (Wildman–Crippen LogP) is 2.61. The Labute approximate surface area is 104 Å². The molecule has 1 rings (SSSR count). The molecule has 3 nitrogen and oxygen atoms in total. The van der Waals surface area contributed by atoms with E-state index in [4.69, 9.17) is 4.74 Å². The van der Waals surface area contributed by atoms with Gasteiger partial charge in [-0.3, -0.25) is 0 Å². The number of amides is 1. The molecule has 92 valence electrons. The first-order chi connectivity index (χ1) is 7.93. The van der Waals surface area contributed by atoms with Gasteiger partial charge in [0.25, 0.3) is 0 Å². The lowest BCUT2D eigenvalue weighted by atomic mass is 9.87. The molecule has 1 aromatic carbocycles. The van der Waals surface area contributed by atoms with Gasteiger partial charge in [0.15, 0.2) is 0 Å². The molecule has 0 saturated heterocycles. The normalized spacial score (nSPS) is 10.8. The molecule has 0 aromatic heterocycles. The molecule has 0 fully saturated rings. The number of carbonyl (C=O) groups excluding carboxylic acids is 1. The van der Waals surface area contributed by atoms with Crippen LogP contribution < -0.4 is 5.23 Å². The second-order valence-electron chi connectivity index (χ2n) is 5.05. The molecule has 1 amide bonds. The SMILES string of the molecule is CBNC(=O)OCc1ccc(C(C)(C)C)cc1. The summed E-state index contributed by atoms with van der Waals surface area (Å²) in [6.07, 6.45) is -0.368. The third-order valence-electron chi connectivity index (χ3n) is 2.51. The molecule has 1 aromatic rings. The van der Waals surface area contributed by atoms with E-state index >= 15 is 0 Å². The van der Waals surface area contributed by atoms with Crippen LogP contribution in [0.4, 0.5) is 4.79 Å². The van der Waals surface area contributed by atoms with Gasteiger partial charge < -0.3 is 9.96 Å². The number of nitrogens with one attached hydrogen (secondary N) is 1. The van der Waals surface area contributed by atoms with Gasteiger partial charge in [-0.1, -0.05) is 51.9 Å². The maximum atomic E-state index is 11.1. The first-order valence-electron chi connectivity index (χ1n) is 5.93. The van der Waals surface area contributed by atoms with Crippen molar-refractivity contribution in [2.75, 3.05) is 0 Å². The summed E-state index contributed by atoms with van der Waals surface area (Å²) in [5.74, 6) is 0. The van der Waals surface area contributed by atoms with Gasteiger partial charge in [0.05, 0.1) is 0 Å². The molecule has 0 bridgehead atoms. The lowest BCUT2D eigenvalue weighted by Gasteiger charge is -2.19. The maximum Gasteiger partial charge on any atom is 0.394 e. The van der Waals surface area contributed by atoms with Crippen LogP contribution in [-0.4, -0.2) is 13.5 Å². The third-order valence-corrected chi connectivity index (χ3v) is 2.51. The molecule has 0 spiro atoms. The highest BCUT2D eigenvalue weighted by molar-refractivity contribution is 6.34. The van der Waals surface area contributed by atoms with Crippen molar-refractivity contribution in [3.8, 4) is 0 Å². The first kappa shape index (κ1) is 13.6. The molecule has 0 saturated carbocycles. The van der Waals surface area contributed by atoms with Crippen molar-refractivity contribution >= 4 is 13.5 Å². The van der Waals surface area contributed by atoms with Crippen LogP contribution in [0.2, 0.25) is 6.82 Å². The summed E-state index contributed by atoms with van der Waals surface area (Å²) in [5.41, 5.74) is 2.43. The zero-order valence-electron chi connectivity index (χ0n) is 11.0. The van der Waals surface area contributed by atoms with Gasteiger partial charge >= 0.3 is 6.09 Å². The molecule has 1 N–H and O–H groups in total. The fourth-order valence-corrected chi connectivity index (χ4v) is 1.45. The Morgan fingerprint density at radius 2 is 1.88 bits per heavy atom. The molecule has 0 aliphatic carbocycles. The smallest absolute Gasteiger partial charge is 0.394 e. The number of hydrogen-bond donors (Lipinski definition) is 1. The van der Waals surface area contributed by atoms with E-state index in [1.807, 2.05) is 19.0 Å². The van der Waals surface area contributed by atoms with Gasteiger partial charge in [0, 0.05) is 0 Å². The van der Waals surface area contributed by atoms with Crippen molar-refractivity contribution in [3.63, 3.8) is 0 Å². The van der Waals surface area contributed by atoms with Crippen LogP contribution in [0.3, 0.4) is 0 Å². The van der Waals surface area contributed by atoms with Gasteiger partial charge in [0.2, 0.25) is 7.41 Å². The molecule has 4 heteroatoms. The molecule has 0 atom stereocenters. The van der Waals surface area contributed by atoms with E-state index in [-0.39, 0.29) is 11.5 Å². The predicted molar refractivity (Wildman–Crippen MR) is 71.5 cm³/mol. The number of ether oxygens (including phenoxy) is 1. The fraction of sp³-hybridized carbons (Fsp3) is 0.462. The van der Waals surface area contributed by atoms with E-state index in [2.05, 4.69) is 38.1 Å². The molecule has 0 aliphatic heterocycles. The van der Waals surface area contributed by atoms with Crippen molar-refractivity contribution in [1.82, 2.24) is 5.23 Å². The Balaban J connectivity index is 2.54. The summed E-state index contributed by atoms with van der Waals surface area (Å²) in [6, 6.07) is 8.16. The Morgan fingerprint density at radius 3 is 2.35 bits per heavy atom. The Hall–Kier alpha value is -1.45. The largest absolute Gasteiger partial charge is 0.446 e. The molecule has 0 aliphatic rings. The van der Waals surface area contributed by atoms with Gasteiger partial charge in [0.1, 0.15) is 6.61 Å². The number of hydrogen-bond acceptors (Lipinski definition) is 2. The van der Waals surface area contributed by atoms with Crippen LogP contribution in [0, 0.1) is 0 Å². The summed E-state index contributed by atoms with van der Waals surface area (Å²) in [7, 11) is 0.585. The zero-order valence-corrected chi connectivity index (χ0v) is 11.0. The minimum atomic E-state index is -0.368. The van der Waals surface area contributed by atoms with Crippen LogP contribution in [0.25, 0.3) is 0 Å². The van der Waals surface area contributed by atoms with Gasteiger partial charge in [-0.2, -0.15) is 0 Å². The van der Waals surface area contributed by atoms with Gasteiger partial charge in [-0.05, 0) is 16.5 Å². The van der Waals surface area contributed by atoms with Crippen molar-refractivity contribution in [2.24, 2.45) is 0 Å². The highest BCUT2D eigenvalue weighted by Crippen LogP contribution is 2.22. The van der Waals surface area contributed by atoms with Gasteiger partial charge in [-0.15, -0.1) is 0 Å². The van der Waals surface area contributed by atoms with E-state index in [0.717, 1.165) is 5.56 Å². The van der Waals surface area contributed by atoms with E-state index < -0.39 is 0 Å². The van der Waals surface area contributed by atoms with E-state index in [1.165, 1.54) is 5.56 Å². The summed E-state index contributed by atoms with van der Waals surface area (Å²) < 4.78 is 5.04. The second-order valence-corrected chi connectivity index (χ2v) is 5.05. The van der Waals surface area contributed by atoms with E-state index in [0.29, 0.717) is 14.0 Å². The fourth-order valence-electron chi connectivity index (χ4n) is 1.45. The molecule has 0 heterocycles. The van der Waals surface area contributed by atoms with Crippen molar-refractivity contribution in [1.29, 1.82) is 0 Å². The Morgan fingerprint density at radius 1 is 1.29 bits per heavy atom. The van der Waals surface area contributed by atoms with Crippen LogP contribution in [0.1, 0.15) is 31.9 Å². The average molecular weight is 233 g/mol. The topological polar surface area (TPSA) is 38.3 Å². The standard InChI is InChI=1S/C13H20BNO2/c1-13(2,3)11-7-5-10(6-8-11)9-17-12(16)15-14-4/h5-8,14H,9H2,1-4H3,(H,15,16). The summed E-state index contributed by atoms with van der Waals surface area (Å²) >= 11 is 0. The third kappa shape index (κ3) is 4.51. The number of rotatable bonds is 3. The molecular weight excluding hydrogens is 213 g/mol. The summed E-state index contributed by atoms with van der Waals surface area (Å²) in [6.45, 7) is 8.70. The van der Waals surface area contributed by atoms with E-state index in [1.54, 1.807) is 0 Å². The quantitative estimate of drug-likeness (QED) is 0.815. The maximum absolute atomic E-state index is 11.1. The lowest BCUT2D eigenvalue weighted by Crippen LogP contribution is -2.25. The highest BCUT2D eigenvalue weighted by Gasteiger charge is 2.12. The number of carbonyl (C=O) groups is 1. The van der Waals surface area contributed by atoms with Crippen LogP contribution in [0.5, 0.6) is 0 Å². The molecular formula is C13H20BNO2. The van der Waals surface area contributed by atoms with Crippen molar-refractivity contribution in [2.45, 2.75) is 39.6 Å². The van der Waals surface area contributed by atoms with E-state index in [9.17, 15) is 4.79 Å². The first-order valence-corrected chi connectivity index (χ1v) is 5.93. The minimum absolute atomic E-state index is 0.152. The molecule has 0 radical (unpaired) electrons. The molecule has 0 unspecified atom stereocenters.